The van der Waals surface area contributed by atoms with Crippen LogP contribution in [0.1, 0.15) is 31.7 Å². The Labute approximate surface area is 148 Å². The van der Waals surface area contributed by atoms with Gasteiger partial charge in [-0.1, -0.05) is 30.3 Å². The van der Waals surface area contributed by atoms with Crippen molar-refractivity contribution in [3.8, 4) is 0 Å². The molecule has 0 heterocycles. The van der Waals surface area contributed by atoms with Crippen LogP contribution in [0.2, 0.25) is 0 Å². The first-order chi connectivity index (χ1) is 12.2. The molecule has 25 heavy (non-hydrogen) atoms. The largest absolute Gasteiger partial charge is 0.462 e. The average molecular weight is 340 g/mol. The van der Waals surface area contributed by atoms with Gasteiger partial charge in [-0.25, -0.2) is 4.79 Å². The summed E-state index contributed by atoms with van der Waals surface area (Å²) in [6.07, 6.45) is 3.41. The molecule has 0 saturated heterocycles. The van der Waals surface area contributed by atoms with Gasteiger partial charge >= 0.3 is 5.97 Å². The third-order valence-electron chi connectivity index (χ3n) is 6.04. The van der Waals surface area contributed by atoms with Crippen molar-refractivity contribution in [2.45, 2.75) is 32.8 Å². The van der Waals surface area contributed by atoms with Crippen molar-refractivity contribution in [1.29, 1.82) is 0 Å². The molecule has 0 aliphatic heterocycles. The van der Waals surface area contributed by atoms with Crippen molar-refractivity contribution in [1.82, 2.24) is 0 Å². The van der Waals surface area contributed by atoms with E-state index in [1.54, 1.807) is 6.92 Å². The molecule has 0 spiro atoms. The third-order valence-corrected chi connectivity index (χ3v) is 6.04. The molecule has 3 aliphatic rings. The lowest BCUT2D eigenvalue weighted by Gasteiger charge is -2.25. The Balaban J connectivity index is 1.55. The van der Waals surface area contributed by atoms with Crippen LogP contribution in [0.25, 0.3) is 0 Å². The number of ether oxygens (including phenoxy) is 2. The molecule has 2 fully saturated rings. The average Bonchev–Trinajstić information content (AvgIpc) is 3.29. The van der Waals surface area contributed by atoms with E-state index in [-0.39, 0.29) is 24.2 Å². The number of carbonyl (C=O) groups is 2. The summed E-state index contributed by atoms with van der Waals surface area (Å²) in [5.41, 5.74) is 2.28. The van der Waals surface area contributed by atoms with Gasteiger partial charge in [0, 0.05) is 5.92 Å². The van der Waals surface area contributed by atoms with Gasteiger partial charge in [-0.3, -0.25) is 4.79 Å². The Hall–Kier alpha value is -1.94. The maximum atomic E-state index is 12.9. The van der Waals surface area contributed by atoms with Gasteiger partial charge < -0.3 is 9.47 Å². The van der Waals surface area contributed by atoms with Crippen molar-refractivity contribution in [3.05, 3.63) is 47.0 Å². The molecule has 1 aromatic carbocycles. The molecule has 3 aliphatic carbocycles. The van der Waals surface area contributed by atoms with Crippen LogP contribution in [-0.4, -0.2) is 25.0 Å². The number of esters is 1. The topological polar surface area (TPSA) is 52.6 Å². The number of fused-ring (bicyclic) bond motifs is 5. The Morgan fingerprint density at radius 2 is 1.80 bits per heavy atom. The molecule has 4 atom stereocenters. The standard InChI is InChI=1S/C21H24O4/c1-2-25-21(23)19-16(12-24-11-13-6-4-3-5-7-13)17-14-8-9-15(10-14)18(17)20(19)22/h3-7,14-15,17-18H,2,8-12H2,1H3/t14-,15+,17-,18-/m1/s1. The first-order valence-electron chi connectivity index (χ1n) is 9.26. The highest BCUT2D eigenvalue weighted by molar-refractivity contribution is 6.21. The summed E-state index contributed by atoms with van der Waals surface area (Å²) in [5.74, 6) is 0.711. The maximum absolute atomic E-state index is 12.9. The van der Waals surface area contributed by atoms with Crippen LogP contribution in [0, 0.1) is 23.7 Å². The zero-order valence-electron chi connectivity index (χ0n) is 14.6. The van der Waals surface area contributed by atoms with Gasteiger partial charge in [-0.2, -0.15) is 0 Å². The highest BCUT2D eigenvalue weighted by Gasteiger charge is 2.58. The van der Waals surface area contributed by atoms with E-state index in [9.17, 15) is 9.59 Å². The minimum absolute atomic E-state index is 0.00604. The molecule has 4 rings (SSSR count). The van der Waals surface area contributed by atoms with Crippen LogP contribution in [0.5, 0.6) is 0 Å². The molecule has 132 valence electrons. The van der Waals surface area contributed by atoms with Crippen molar-refractivity contribution in [3.63, 3.8) is 0 Å². The van der Waals surface area contributed by atoms with Gasteiger partial charge in [-0.15, -0.1) is 0 Å². The molecular formula is C21H24O4. The molecule has 0 amide bonds. The Bertz CT molecular complexity index is 706. The summed E-state index contributed by atoms with van der Waals surface area (Å²) in [7, 11) is 0. The van der Waals surface area contributed by atoms with Crippen LogP contribution in [0.15, 0.2) is 41.5 Å². The van der Waals surface area contributed by atoms with Gasteiger partial charge in [0.15, 0.2) is 5.78 Å². The van der Waals surface area contributed by atoms with Crippen LogP contribution in [0.4, 0.5) is 0 Å². The minimum atomic E-state index is -0.459. The number of carbonyl (C=O) groups excluding carboxylic acids is 2. The molecule has 1 aromatic rings. The molecule has 0 N–H and O–H groups in total. The van der Waals surface area contributed by atoms with Gasteiger partial charge in [0.25, 0.3) is 0 Å². The molecule has 2 saturated carbocycles. The fraction of sp³-hybridized carbons (Fsp3) is 0.524. The van der Waals surface area contributed by atoms with Gasteiger partial charge in [-0.05, 0) is 55.1 Å². The Morgan fingerprint density at radius 1 is 1.08 bits per heavy atom. The Kier molecular flexibility index (Phi) is 4.46. The molecule has 0 radical (unpaired) electrons. The SMILES string of the molecule is CCOC(=O)C1=C(COCc2ccccc2)[C@H]2[C@@H]3CC[C@@H](C3)[C@H]2C1=O. The highest BCUT2D eigenvalue weighted by Crippen LogP contribution is 2.59. The molecule has 4 heteroatoms. The maximum Gasteiger partial charge on any atom is 0.341 e. The predicted octanol–water partition coefficient (Wildman–Crippen LogP) is 3.31. The Morgan fingerprint density at radius 3 is 2.52 bits per heavy atom. The summed E-state index contributed by atoms with van der Waals surface area (Å²) < 4.78 is 11.1. The molecule has 4 nitrogen and oxygen atoms in total. The first-order valence-corrected chi connectivity index (χ1v) is 9.26. The number of hydrogen-bond acceptors (Lipinski definition) is 4. The second-order valence-corrected chi connectivity index (χ2v) is 7.35. The van der Waals surface area contributed by atoms with Crippen LogP contribution < -0.4 is 0 Å². The zero-order valence-corrected chi connectivity index (χ0v) is 14.6. The summed E-state index contributed by atoms with van der Waals surface area (Å²) in [6.45, 7) is 2.89. The van der Waals surface area contributed by atoms with Gasteiger partial charge in [0.2, 0.25) is 0 Å². The van der Waals surface area contributed by atoms with Crippen LogP contribution in [-0.2, 0) is 25.7 Å². The predicted molar refractivity (Wildman–Crippen MR) is 92.6 cm³/mol. The summed E-state index contributed by atoms with van der Waals surface area (Å²) >= 11 is 0. The van der Waals surface area contributed by atoms with E-state index in [0.717, 1.165) is 30.4 Å². The number of ketones is 1. The van der Waals surface area contributed by atoms with Crippen molar-refractivity contribution in [2.75, 3.05) is 13.2 Å². The summed E-state index contributed by atoms with van der Waals surface area (Å²) in [5, 5.41) is 0. The molecule has 0 aromatic heterocycles. The van der Waals surface area contributed by atoms with E-state index in [4.69, 9.17) is 9.47 Å². The van der Waals surface area contributed by atoms with E-state index < -0.39 is 5.97 Å². The quantitative estimate of drug-likeness (QED) is 0.589. The van der Waals surface area contributed by atoms with E-state index >= 15 is 0 Å². The van der Waals surface area contributed by atoms with E-state index in [0.29, 0.717) is 30.6 Å². The number of Topliss-reactive ketones (excluding diaryl/α,β-unsaturated/α-hetero) is 1. The molecule has 2 bridgehead atoms. The minimum Gasteiger partial charge on any atom is -0.462 e. The second-order valence-electron chi connectivity index (χ2n) is 7.35. The van der Waals surface area contributed by atoms with Crippen LogP contribution >= 0.6 is 0 Å². The summed E-state index contributed by atoms with van der Waals surface area (Å²) in [6, 6.07) is 9.96. The van der Waals surface area contributed by atoms with E-state index in [1.807, 2.05) is 30.3 Å². The molecule has 0 unspecified atom stereocenters. The third kappa shape index (κ3) is 2.82. The van der Waals surface area contributed by atoms with Crippen molar-refractivity contribution in [2.24, 2.45) is 23.7 Å². The number of benzene rings is 1. The normalized spacial score (nSPS) is 30.0. The van der Waals surface area contributed by atoms with Crippen LogP contribution in [0.3, 0.4) is 0 Å². The lowest BCUT2D eigenvalue weighted by atomic mass is 9.78. The second kappa shape index (κ2) is 6.75. The monoisotopic (exact) mass is 340 g/mol. The van der Waals surface area contributed by atoms with E-state index in [1.165, 1.54) is 0 Å². The van der Waals surface area contributed by atoms with Crippen molar-refractivity contribution < 1.29 is 19.1 Å². The van der Waals surface area contributed by atoms with Crippen molar-refractivity contribution >= 4 is 11.8 Å². The smallest absolute Gasteiger partial charge is 0.341 e. The molecular weight excluding hydrogens is 316 g/mol. The fourth-order valence-corrected chi connectivity index (χ4v) is 5.12. The first kappa shape index (κ1) is 16.5. The summed E-state index contributed by atoms with van der Waals surface area (Å²) in [4.78, 5) is 25.3. The number of hydrogen-bond donors (Lipinski definition) is 0. The van der Waals surface area contributed by atoms with Gasteiger partial charge in [0.05, 0.1) is 19.8 Å². The van der Waals surface area contributed by atoms with E-state index in [2.05, 4.69) is 0 Å². The zero-order chi connectivity index (χ0) is 17.4. The highest BCUT2D eigenvalue weighted by atomic mass is 16.5. The lowest BCUT2D eigenvalue weighted by molar-refractivity contribution is -0.140. The lowest BCUT2D eigenvalue weighted by Crippen LogP contribution is -2.26. The van der Waals surface area contributed by atoms with Gasteiger partial charge in [0.1, 0.15) is 5.57 Å². The number of rotatable bonds is 6. The fourth-order valence-electron chi connectivity index (χ4n) is 5.12.